The van der Waals surface area contributed by atoms with Crippen molar-refractivity contribution >= 4 is 0 Å². The summed E-state index contributed by atoms with van der Waals surface area (Å²) in [6.07, 6.45) is 0. The molecule has 0 bridgehead atoms. The van der Waals surface area contributed by atoms with E-state index in [1.54, 1.807) is 0 Å². The number of benzene rings is 1. The molecule has 6 heteroatoms. The van der Waals surface area contributed by atoms with Crippen LogP contribution < -0.4 is 4.74 Å². The minimum Gasteiger partial charge on any atom is -0.491 e. The lowest BCUT2D eigenvalue weighted by atomic mass is 10.3. The SMILES string of the molecule is CC.OCCOCCOCCOCCOCCOc1ccccc1. The Hall–Kier alpha value is -1.18. The summed E-state index contributed by atoms with van der Waals surface area (Å²) < 4.78 is 26.6. The average molecular weight is 344 g/mol. The van der Waals surface area contributed by atoms with Crippen LogP contribution in [0.4, 0.5) is 0 Å². The third-order valence-electron chi connectivity index (χ3n) is 2.59. The molecule has 0 saturated heterocycles. The molecule has 24 heavy (non-hydrogen) atoms. The van der Waals surface area contributed by atoms with Gasteiger partial charge in [-0.05, 0) is 12.1 Å². The van der Waals surface area contributed by atoms with Crippen LogP contribution in [0.5, 0.6) is 5.75 Å². The summed E-state index contributed by atoms with van der Waals surface area (Å²) in [7, 11) is 0. The summed E-state index contributed by atoms with van der Waals surface area (Å²) in [5.74, 6) is 0.850. The maximum absolute atomic E-state index is 8.50. The normalized spacial score (nSPS) is 10.1. The highest BCUT2D eigenvalue weighted by molar-refractivity contribution is 5.20. The lowest BCUT2D eigenvalue weighted by Crippen LogP contribution is -2.14. The quantitative estimate of drug-likeness (QED) is 0.492. The molecule has 0 saturated carbocycles. The largest absolute Gasteiger partial charge is 0.491 e. The van der Waals surface area contributed by atoms with Gasteiger partial charge in [-0.15, -0.1) is 0 Å². The lowest BCUT2D eigenvalue weighted by molar-refractivity contribution is -0.00779. The van der Waals surface area contributed by atoms with E-state index in [0.29, 0.717) is 59.5 Å². The summed E-state index contributed by atoms with van der Waals surface area (Å²) >= 11 is 0. The molecule has 6 nitrogen and oxygen atoms in total. The van der Waals surface area contributed by atoms with Crippen molar-refractivity contribution in [3.05, 3.63) is 30.3 Å². The van der Waals surface area contributed by atoms with Crippen molar-refractivity contribution in [2.24, 2.45) is 0 Å². The van der Waals surface area contributed by atoms with Gasteiger partial charge in [0.1, 0.15) is 12.4 Å². The van der Waals surface area contributed by atoms with Crippen molar-refractivity contribution in [3.8, 4) is 5.75 Å². The van der Waals surface area contributed by atoms with Gasteiger partial charge in [0.15, 0.2) is 0 Å². The molecule has 140 valence electrons. The van der Waals surface area contributed by atoms with Gasteiger partial charge in [-0.1, -0.05) is 32.0 Å². The molecule has 0 radical (unpaired) electrons. The second-order valence-corrected chi connectivity index (χ2v) is 4.33. The molecule has 1 aromatic rings. The van der Waals surface area contributed by atoms with Crippen molar-refractivity contribution in [2.75, 3.05) is 66.1 Å². The van der Waals surface area contributed by atoms with Crippen LogP contribution in [-0.2, 0) is 18.9 Å². The van der Waals surface area contributed by atoms with Gasteiger partial charge in [0.25, 0.3) is 0 Å². The van der Waals surface area contributed by atoms with Crippen LogP contribution in [0.1, 0.15) is 13.8 Å². The van der Waals surface area contributed by atoms with Crippen LogP contribution in [-0.4, -0.2) is 71.2 Å². The Morgan fingerprint density at radius 1 is 0.625 bits per heavy atom. The fraction of sp³-hybridized carbons (Fsp3) is 0.667. The molecule has 0 aliphatic heterocycles. The molecular formula is C18H32O6. The number of hydrogen-bond donors (Lipinski definition) is 1. The van der Waals surface area contributed by atoms with E-state index in [4.69, 9.17) is 28.8 Å². The first-order chi connectivity index (χ1) is 11.9. The number of aliphatic hydroxyl groups excluding tert-OH is 1. The molecule has 1 rings (SSSR count). The van der Waals surface area contributed by atoms with Gasteiger partial charge < -0.3 is 28.8 Å². The summed E-state index contributed by atoms with van der Waals surface area (Å²) in [6, 6.07) is 9.65. The molecule has 0 aromatic heterocycles. The molecule has 0 aliphatic rings. The van der Waals surface area contributed by atoms with Crippen molar-refractivity contribution < 1.29 is 28.8 Å². The van der Waals surface area contributed by atoms with Crippen LogP contribution >= 0.6 is 0 Å². The third-order valence-corrected chi connectivity index (χ3v) is 2.59. The van der Waals surface area contributed by atoms with E-state index in [1.165, 1.54) is 0 Å². The van der Waals surface area contributed by atoms with E-state index in [1.807, 2.05) is 44.2 Å². The van der Waals surface area contributed by atoms with Crippen molar-refractivity contribution in [3.63, 3.8) is 0 Å². The van der Waals surface area contributed by atoms with Gasteiger partial charge in [0.2, 0.25) is 0 Å². The summed E-state index contributed by atoms with van der Waals surface area (Å²) in [6.45, 7) is 8.60. The Morgan fingerprint density at radius 2 is 1.04 bits per heavy atom. The van der Waals surface area contributed by atoms with Crippen LogP contribution in [0.3, 0.4) is 0 Å². The second kappa shape index (κ2) is 19.9. The van der Waals surface area contributed by atoms with Crippen LogP contribution in [0.15, 0.2) is 30.3 Å². The third kappa shape index (κ3) is 15.7. The molecule has 0 fully saturated rings. The summed E-state index contributed by atoms with van der Waals surface area (Å²) in [5.41, 5.74) is 0. The molecular weight excluding hydrogens is 312 g/mol. The van der Waals surface area contributed by atoms with Gasteiger partial charge in [-0.25, -0.2) is 0 Å². The Morgan fingerprint density at radius 3 is 1.50 bits per heavy atom. The van der Waals surface area contributed by atoms with Crippen molar-refractivity contribution in [1.29, 1.82) is 0 Å². The maximum atomic E-state index is 8.50. The van der Waals surface area contributed by atoms with Gasteiger partial charge >= 0.3 is 0 Å². The van der Waals surface area contributed by atoms with E-state index in [2.05, 4.69) is 0 Å². The molecule has 0 aliphatic carbocycles. The molecule has 1 N–H and O–H groups in total. The Labute approximate surface area is 145 Å². The molecule has 0 atom stereocenters. The number of para-hydroxylation sites is 1. The zero-order valence-electron chi connectivity index (χ0n) is 14.9. The number of rotatable bonds is 15. The smallest absolute Gasteiger partial charge is 0.119 e. The first-order valence-corrected chi connectivity index (χ1v) is 8.53. The Balaban J connectivity index is 0.00000254. The predicted octanol–water partition coefficient (Wildman–Crippen LogP) is 2.15. The van der Waals surface area contributed by atoms with Gasteiger partial charge in [-0.2, -0.15) is 0 Å². The molecule has 0 spiro atoms. The van der Waals surface area contributed by atoms with E-state index < -0.39 is 0 Å². The van der Waals surface area contributed by atoms with Crippen molar-refractivity contribution in [1.82, 2.24) is 0 Å². The Kier molecular flexibility index (Phi) is 18.9. The first kappa shape index (κ1) is 22.8. The lowest BCUT2D eigenvalue weighted by Gasteiger charge is -2.08. The highest BCUT2D eigenvalue weighted by Crippen LogP contribution is 2.07. The highest BCUT2D eigenvalue weighted by atomic mass is 16.6. The zero-order valence-corrected chi connectivity index (χ0v) is 14.9. The highest BCUT2D eigenvalue weighted by Gasteiger charge is 1.94. The van der Waals surface area contributed by atoms with Gasteiger partial charge in [0.05, 0.1) is 59.5 Å². The molecule has 0 unspecified atom stereocenters. The molecule has 1 aromatic carbocycles. The number of ether oxygens (including phenoxy) is 5. The topological polar surface area (TPSA) is 66.4 Å². The minimum absolute atomic E-state index is 0.0412. The monoisotopic (exact) mass is 344 g/mol. The second-order valence-electron chi connectivity index (χ2n) is 4.33. The fourth-order valence-electron chi connectivity index (χ4n) is 1.56. The zero-order chi connectivity index (χ0) is 17.7. The summed E-state index contributed by atoms with van der Waals surface area (Å²) in [5, 5.41) is 8.50. The number of hydrogen-bond acceptors (Lipinski definition) is 6. The Bertz CT molecular complexity index is 334. The maximum Gasteiger partial charge on any atom is 0.119 e. The van der Waals surface area contributed by atoms with Gasteiger partial charge in [-0.3, -0.25) is 0 Å². The van der Waals surface area contributed by atoms with Crippen LogP contribution in [0, 0.1) is 0 Å². The van der Waals surface area contributed by atoms with E-state index >= 15 is 0 Å². The minimum atomic E-state index is 0.0412. The van der Waals surface area contributed by atoms with E-state index in [-0.39, 0.29) is 6.61 Å². The van der Waals surface area contributed by atoms with E-state index in [0.717, 1.165) is 5.75 Å². The molecule has 0 heterocycles. The first-order valence-electron chi connectivity index (χ1n) is 8.53. The predicted molar refractivity (Wildman–Crippen MR) is 93.6 cm³/mol. The van der Waals surface area contributed by atoms with Gasteiger partial charge in [0, 0.05) is 0 Å². The van der Waals surface area contributed by atoms with Crippen LogP contribution in [0.2, 0.25) is 0 Å². The number of aliphatic hydroxyl groups is 1. The fourth-order valence-corrected chi connectivity index (χ4v) is 1.56. The van der Waals surface area contributed by atoms with E-state index in [9.17, 15) is 0 Å². The van der Waals surface area contributed by atoms with Crippen molar-refractivity contribution in [2.45, 2.75) is 13.8 Å². The summed E-state index contributed by atoms with van der Waals surface area (Å²) in [4.78, 5) is 0. The standard InChI is InChI=1S/C16H26O6.C2H6/c17-6-7-18-8-9-19-10-11-20-12-13-21-14-15-22-16-4-2-1-3-5-16;1-2/h1-5,17H,6-15H2;1-2H3. The average Bonchev–Trinajstić information content (AvgIpc) is 2.64. The van der Waals surface area contributed by atoms with Crippen LogP contribution in [0.25, 0.3) is 0 Å². The molecule has 0 amide bonds.